The van der Waals surface area contributed by atoms with E-state index >= 15 is 0 Å². The molecular formula is C11H22N4O. The number of nitrogens with zero attached hydrogens (tertiary/aromatic N) is 1. The van der Waals surface area contributed by atoms with E-state index in [9.17, 15) is 4.79 Å². The van der Waals surface area contributed by atoms with Crippen molar-refractivity contribution in [3.05, 3.63) is 24.6 Å². The summed E-state index contributed by atoms with van der Waals surface area (Å²) in [5.41, 5.74) is 6.40. The molecule has 0 rings (SSSR count). The van der Waals surface area contributed by atoms with Crippen LogP contribution in [0, 0.1) is 0 Å². The van der Waals surface area contributed by atoms with Crippen LogP contribution >= 0.6 is 0 Å². The van der Waals surface area contributed by atoms with Crippen molar-refractivity contribution in [2.24, 2.45) is 11.6 Å². The lowest BCUT2D eigenvalue weighted by Crippen LogP contribution is -2.37. The van der Waals surface area contributed by atoms with Crippen molar-refractivity contribution in [1.82, 2.24) is 10.3 Å². The molecular weight excluding hydrogens is 204 g/mol. The van der Waals surface area contributed by atoms with Gasteiger partial charge in [0.1, 0.15) is 5.78 Å². The SMILES string of the molecule is C=CCN[C@@H](CC(=O)CC)/C(N)=C/N(C)N. The van der Waals surface area contributed by atoms with E-state index in [1.165, 1.54) is 5.01 Å². The van der Waals surface area contributed by atoms with Gasteiger partial charge in [-0.15, -0.1) is 6.58 Å². The summed E-state index contributed by atoms with van der Waals surface area (Å²) in [4.78, 5) is 11.4. The molecule has 0 unspecified atom stereocenters. The van der Waals surface area contributed by atoms with Crippen LogP contribution in [0.2, 0.25) is 0 Å². The number of nitrogens with one attached hydrogen (secondary N) is 1. The molecule has 92 valence electrons. The minimum absolute atomic E-state index is 0.164. The normalized spacial score (nSPS) is 13.3. The molecule has 0 aromatic carbocycles. The molecule has 0 saturated heterocycles. The fourth-order valence-electron chi connectivity index (χ4n) is 1.23. The van der Waals surface area contributed by atoms with Gasteiger partial charge in [-0.2, -0.15) is 0 Å². The topological polar surface area (TPSA) is 84.4 Å². The maximum Gasteiger partial charge on any atom is 0.134 e. The highest BCUT2D eigenvalue weighted by Gasteiger charge is 2.14. The Kier molecular flexibility index (Phi) is 7.24. The smallest absolute Gasteiger partial charge is 0.134 e. The summed E-state index contributed by atoms with van der Waals surface area (Å²) in [6, 6.07) is -0.184. The summed E-state index contributed by atoms with van der Waals surface area (Å²) in [5.74, 6) is 5.63. The van der Waals surface area contributed by atoms with Crippen molar-refractivity contribution >= 4 is 5.78 Å². The highest BCUT2D eigenvalue weighted by molar-refractivity contribution is 5.79. The molecule has 5 nitrogen and oxygen atoms in total. The lowest BCUT2D eigenvalue weighted by atomic mass is 10.1. The molecule has 0 heterocycles. The monoisotopic (exact) mass is 226 g/mol. The minimum atomic E-state index is -0.184. The Morgan fingerprint density at radius 2 is 2.25 bits per heavy atom. The van der Waals surface area contributed by atoms with Crippen molar-refractivity contribution in [2.45, 2.75) is 25.8 Å². The van der Waals surface area contributed by atoms with Crippen molar-refractivity contribution in [2.75, 3.05) is 13.6 Å². The number of hydrogen-bond donors (Lipinski definition) is 3. The molecule has 0 fully saturated rings. The minimum Gasteiger partial charge on any atom is -0.400 e. The first-order valence-electron chi connectivity index (χ1n) is 5.31. The molecule has 0 aliphatic carbocycles. The van der Waals surface area contributed by atoms with Gasteiger partial charge in [-0.3, -0.25) is 4.79 Å². The molecule has 0 amide bonds. The zero-order valence-corrected chi connectivity index (χ0v) is 10.1. The highest BCUT2D eigenvalue weighted by Crippen LogP contribution is 2.04. The van der Waals surface area contributed by atoms with E-state index in [-0.39, 0.29) is 11.8 Å². The number of Topliss-reactive ketones (excluding diaryl/α,β-unsaturated/α-hetero) is 1. The Bertz CT molecular complexity index is 261. The maximum absolute atomic E-state index is 11.4. The van der Waals surface area contributed by atoms with Crippen LogP contribution in [0.1, 0.15) is 19.8 Å². The molecule has 5 N–H and O–H groups in total. The van der Waals surface area contributed by atoms with Gasteiger partial charge in [-0.1, -0.05) is 13.0 Å². The molecule has 0 aliphatic heterocycles. The summed E-state index contributed by atoms with van der Waals surface area (Å²) < 4.78 is 0. The first kappa shape index (κ1) is 14.7. The molecule has 5 heteroatoms. The molecule has 0 aromatic rings. The van der Waals surface area contributed by atoms with E-state index in [1.807, 2.05) is 6.92 Å². The Morgan fingerprint density at radius 3 is 2.69 bits per heavy atom. The fraction of sp³-hybridized carbons (Fsp3) is 0.545. The van der Waals surface area contributed by atoms with Crippen LogP contribution in [0.15, 0.2) is 24.6 Å². The van der Waals surface area contributed by atoms with Gasteiger partial charge in [0.2, 0.25) is 0 Å². The third-order valence-corrected chi connectivity index (χ3v) is 2.09. The van der Waals surface area contributed by atoms with Gasteiger partial charge in [0.25, 0.3) is 0 Å². The van der Waals surface area contributed by atoms with E-state index < -0.39 is 0 Å². The average Bonchev–Trinajstić information content (AvgIpc) is 2.22. The molecule has 0 bridgehead atoms. The van der Waals surface area contributed by atoms with Gasteiger partial charge in [0.05, 0.1) is 6.04 Å². The van der Waals surface area contributed by atoms with E-state index in [0.29, 0.717) is 25.1 Å². The van der Waals surface area contributed by atoms with Crippen molar-refractivity contribution in [3.8, 4) is 0 Å². The summed E-state index contributed by atoms with van der Waals surface area (Å²) in [5, 5.41) is 4.49. The van der Waals surface area contributed by atoms with E-state index in [1.54, 1.807) is 19.3 Å². The predicted molar refractivity (Wildman–Crippen MR) is 66.1 cm³/mol. The van der Waals surface area contributed by atoms with Crippen LogP contribution in [-0.2, 0) is 4.79 Å². The second-order valence-electron chi connectivity index (χ2n) is 3.64. The van der Waals surface area contributed by atoms with E-state index in [0.717, 1.165) is 0 Å². The van der Waals surface area contributed by atoms with Gasteiger partial charge in [-0.25, -0.2) is 5.84 Å². The number of hydrazine groups is 1. The maximum atomic E-state index is 11.4. The van der Waals surface area contributed by atoms with E-state index in [4.69, 9.17) is 11.6 Å². The molecule has 0 saturated carbocycles. The van der Waals surface area contributed by atoms with Crippen molar-refractivity contribution in [3.63, 3.8) is 0 Å². The Morgan fingerprint density at radius 1 is 1.62 bits per heavy atom. The lowest BCUT2D eigenvalue weighted by molar-refractivity contribution is -0.119. The zero-order chi connectivity index (χ0) is 12.6. The summed E-state index contributed by atoms with van der Waals surface area (Å²) in [6.07, 6.45) is 4.21. The predicted octanol–water partition coefficient (Wildman–Crippen LogP) is 0.105. The van der Waals surface area contributed by atoms with Crippen LogP contribution in [-0.4, -0.2) is 30.4 Å². The molecule has 0 spiro atoms. The first-order valence-corrected chi connectivity index (χ1v) is 5.31. The van der Waals surface area contributed by atoms with Crippen LogP contribution in [0.5, 0.6) is 0 Å². The fourth-order valence-corrected chi connectivity index (χ4v) is 1.23. The van der Waals surface area contributed by atoms with Crippen LogP contribution in [0.25, 0.3) is 0 Å². The summed E-state index contributed by atoms with van der Waals surface area (Å²) in [6.45, 7) is 6.05. The zero-order valence-electron chi connectivity index (χ0n) is 10.1. The molecule has 0 aliphatic rings. The van der Waals surface area contributed by atoms with Crippen LogP contribution in [0.3, 0.4) is 0 Å². The van der Waals surface area contributed by atoms with Crippen LogP contribution in [0.4, 0.5) is 0 Å². The second kappa shape index (κ2) is 7.90. The van der Waals surface area contributed by atoms with Gasteiger partial charge < -0.3 is 16.1 Å². The lowest BCUT2D eigenvalue weighted by Gasteiger charge is -2.19. The van der Waals surface area contributed by atoms with E-state index in [2.05, 4.69) is 11.9 Å². The van der Waals surface area contributed by atoms with Gasteiger partial charge in [0.15, 0.2) is 0 Å². The van der Waals surface area contributed by atoms with Gasteiger partial charge in [-0.05, 0) is 0 Å². The van der Waals surface area contributed by atoms with Crippen molar-refractivity contribution < 1.29 is 4.79 Å². The third kappa shape index (κ3) is 6.21. The number of carbonyl (C=O) groups excluding carboxylic acids is 1. The molecule has 16 heavy (non-hydrogen) atoms. The number of nitrogens with two attached hydrogens (primary N) is 2. The average molecular weight is 226 g/mol. The third-order valence-electron chi connectivity index (χ3n) is 2.09. The number of carbonyl (C=O) groups is 1. The van der Waals surface area contributed by atoms with Crippen LogP contribution < -0.4 is 16.9 Å². The standard InChI is InChI=1S/C11H22N4O/c1-4-6-14-11(7-9(16)5-2)10(12)8-15(3)13/h4,8,11,14H,1,5-7,12-13H2,2-3H3/b10-8-/t11-/m0/s1. The summed E-state index contributed by atoms with van der Waals surface area (Å²) >= 11 is 0. The Balaban J connectivity index is 4.51. The largest absolute Gasteiger partial charge is 0.400 e. The summed E-state index contributed by atoms with van der Waals surface area (Å²) in [7, 11) is 1.68. The molecule has 0 radical (unpaired) electrons. The molecule has 0 aromatic heterocycles. The Hall–Kier alpha value is -1.33. The first-order chi connectivity index (χ1) is 7.51. The number of rotatable bonds is 8. The highest BCUT2D eigenvalue weighted by atomic mass is 16.1. The van der Waals surface area contributed by atoms with Crippen molar-refractivity contribution in [1.29, 1.82) is 0 Å². The second-order valence-corrected chi connectivity index (χ2v) is 3.64. The number of hydrogen-bond acceptors (Lipinski definition) is 5. The molecule has 1 atom stereocenters. The van der Waals surface area contributed by atoms with Gasteiger partial charge >= 0.3 is 0 Å². The quantitative estimate of drug-likeness (QED) is 0.311. The number of ketones is 1. The Labute approximate surface area is 97.1 Å². The van der Waals surface area contributed by atoms with Gasteiger partial charge in [0, 0.05) is 38.3 Å².